The quantitative estimate of drug-likeness (QED) is 0.147. The number of rotatable bonds is 9. The van der Waals surface area contributed by atoms with Crippen molar-refractivity contribution < 1.29 is 55.0 Å². The Kier molecular flexibility index (Phi) is 7.49. The van der Waals surface area contributed by atoms with Gasteiger partial charge in [-0.05, 0) is 93.7 Å². The largest absolute Gasteiger partial charge is 0.507 e. The van der Waals surface area contributed by atoms with Crippen LogP contribution in [0.1, 0.15) is 106 Å². The Morgan fingerprint density at radius 3 is 2.02 bits per heavy atom. The Labute approximate surface area is 435 Å². The van der Waals surface area contributed by atoms with Crippen molar-refractivity contribution in [2.45, 2.75) is 79.1 Å². The molecule has 0 unspecified atom stereocenters. The van der Waals surface area contributed by atoms with E-state index in [4.69, 9.17) is 38.8 Å². The first-order chi connectivity index (χ1) is 39.8. The van der Waals surface area contributed by atoms with E-state index in [1.165, 1.54) is 16.7 Å². The topological polar surface area (TPSA) is 50.9 Å². The van der Waals surface area contributed by atoms with E-state index in [2.05, 4.69) is 6.07 Å². The molecule has 0 saturated carbocycles. The van der Waals surface area contributed by atoms with Gasteiger partial charge in [-0.3, -0.25) is 9.55 Å². The van der Waals surface area contributed by atoms with Crippen molar-refractivity contribution in [3.8, 4) is 78.6 Å². The second-order valence-electron chi connectivity index (χ2n) is 16.7. The first-order valence-electron chi connectivity index (χ1n) is 31.6. The number of benzene rings is 7. The van der Waals surface area contributed by atoms with Gasteiger partial charge in [-0.1, -0.05) is 192 Å². The van der Waals surface area contributed by atoms with Gasteiger partial charge in [0.05, 0.1) is 22.3 Å². The van der Waals surface area contributed by atoms with Crippen LogP contribution in [-0.4, -0.2) is 19.6 Å². The van der Waals surface area contributed by atoms with E-state index >= 15 is 0 Å². The molecule has 0 saturated heterocycles. The van der Waals surface area contributed by atoms with Gasteiger partial charge in [0.2, 0.25) is 0 Å². The van der Waals surface area contributed by atoms with Gasteiger partial charge >= 0.3 is 0 Å². The summed E-state index contributed by atoms with van der Waals surface area (Å²) in [7, 11) is 0. The summed E-state index contributed by atoms with van der Waals surface area (Å²) in [5.74, 6) is -1.67. The van der Waals surface area contributed by atoms with E-state index in [-0.39, 0.29) is 49.6 Å². The normalized spacial score (nSPS) is 17.9. The number of aryl methyl sites for hydroxylation is 1. The second kappa shape index (κ2) is 18.5. The summed E-state index contributed by atoms with van der Waals surface area (Å²) in [5, 5.41) is 13.1. The Balaban J connectivity index is 0.00000982. The average molecular weight is 1070 g/mol. The third-order valence-corrected chi connectivity index (χ3v) is 11.4. The minimum absolute atomic E-state index is 0. The smallest absolute Gasteiger partial charge is 0.148 e. The molecule has 2 heterocycles. The van der Waals surface area contributed by atoms with E-state index in [0.717, 1.165) is 11.1 Å². The average Bonchev–Trinajstić information content (AvgIpc) is 1.24. The molecule has 0 atom stereocenters. The number of hydrogen-bond donors (Lipinski definition) is 1. The molecule has 0 fully saturated rings. The predicted molar refractivity (Wildman–Crippen MR) is 273 cm³/mol. The molecule has 0 bridgehead atoms. The Morgan fingerprint density at radius 1 is 0.621 bits per heavy atom. The van der Waals surface area contributed by atoms with Crippen molar-refractivity contribution in [1.82, 2.24) is 14.5 Å². The zero-order chi connectivity index (χ0) is 63.1. The molecule has 4 nitrogen and oxygen atoms in total. The number of pyridine rings is 1. The van der Waals surface area contributed by atoms with Crippen LogP contribution in [0.25, 0.3) is 83.9 Å². The van der Waals surface area contributed by atoms with Crippen LogP contribution >= 0.6 is 0 Å². The molecule has 0 radical (unpaired) electrons. The number of para-hydroxylation sites is 1. The Hall–Kier alpha value is -6.35. The third-order valence-electron chi connectivity index (χ3n) is 11.4. The minimum atomic E-state index is -4.17. The van der Waals surface area contributed by atoms with Crippen molar-refractivity contribution in [3.63, 3.8) is 0 Å². The van der Waals surface area contributed by atoms with Gasteiger partial charge in [0.25, 0.3) is 0 Å². The molecule has 66 heavy (non-hydrogen) atoms. The molecule has 0 amide bonds. The molecular weight excluding hydrogens is 986 g/mol. The fourth-order valence-corrected chi connectivity index (χ4v) is 8.34. The zero-order valence-corrected chi connectivity index (χ0v) is 38.3. The van der Waals surface area contributed by atoms with Gasteiger partial charge in [-0.15, -0.1) is 23.8 Å². The number of phenolic OH excluding ortho intramolecular Hbond substituents is 1. The summed E-state index contributed by atoms with van der Waals surface area (Å²) in [6, 6.07) is 47.2. The molecule has 0 aliphatic rings. The van der Waals surface area contributed by atoms with E-state index in [1.807, 2.05) is 86.6 Å². The number of aromatic nitrogens is 3. The van der Waals surface area contributed by atoms with Crippen LogP contribution in [-0.2, 0) is 38.3 Å². The Bertz CT molecular complexity index is 3900. The van der Waals surface area contributed by atoms with Crippen LogP contribution in [0.4, 0.5) is 0 Å². The molecule has 9 aromatic rings. The summed E-state index contributed by atoms with van der Waals surface area (Å²) in [4.78, 5) is 9.93. The van der Waals surface area contributed by atoms with Crippen LogP contribution in [0.5, 0.6) is 5.75 Å². The zero-order valence-electron chi connectivity index (χ0n) is 57.0. The van der Waals surface area contributed by atoms with Gasteiger partial charge in [0, 0.05) is 72.9 Å². The van der Waals surface area contributed by atoms with E-state index in [9.17, 15) is 5.11 Å². The molecule has 0 aliphatic heterocycles. The second-order valence-corrected chi connectivity index (χ2v) is 16.7. The molecule has 5 heteroatoms. The Morgan fingerprint density at radius 2 is 1.32 bits per heavy atom. The number of imidazole rings is 1. The fourth-order valence-electron chi connectivity index (χ4n) is 8.34. The van der Waals surface area contributed by atoms with E-state index in [0.29, 0.717) is 68.4 Å². The maximum Gasteiger partial charge on any atom is 0.148 e. The molecule has 7 aromatic carbocycles. The predicted octanol–water partition coefficient (Wildman–Crippen LogP) is 16.0. The van der Waals surface area contributed by atoms with Crippen molar-refractivity contribution >= 4 is 11.0 Å². The van der Waals surface area contributed by atoms with Crippen LogP contribution in [0.2, 0.25) is 0 Å². The molecule has 0 spiro atoms. The standard InChI is InChI=1S/C61H58N3O.Pt/c1-39(2)31-41-25-28-55(51(32-41)44-19-14-11-15-20-44)64-56-22-16-21-50(57(56)63-59(64)52-37-49(60(4,5)6)38-53(58(52)65)61(7,8)9)47-33-46(42-17-12-10-13-18-42)34-48(35-47)54-36-45(29-30-62-54)43-26-23-40(3)24-27-43;/h10-30,32-34,36-39,65H,31H2,1-9H3;/q-1;/i3D3,4D3,5D3,6D3,7D3,8D3,9D3;. The molecule has 1 N–H and O–H groups in total. The monoisotopic (exact) mass is 1060 g/mol. The van der Waals surface area contributed by atoms with Crippen molar-refractivity contribution in [2.24, 2.45) is 5.92 Å². The van der Waals surface area contributed by atoms with Gasteiger partial charge in [0.15, 0.2) is 0 Å². The summed E-state index contributed by atoms with van der Waals surface area (Å²) in [6.07, 6.45) is 2.20. The van der Waals surface area contributed by atoms with E-state index < -0.39 is 87.1 Å². The van der Waals surface area contributed by atoms with Crippen LogP contribution in [0.15, 0.2) is 164 Å². The van der Waals surface area contributed by atoms with Gasteiger partial charge in [-0.25, -0.2) is 4.98 Å². The maximum absolute atomic E-state index is 13.1. The number of hydrogen-bond acceptors (Lipinski definition) is 3. The third kappa shape index (κ3) is 9.35. The first-order valence-corrected chi connectivity index (χ1v) is 21.1. The van der Waals surface area contributed by atoms with Gasteiger partial charge in [-0.2, -0.15) is 0 Å². The summed E-state index contributed by atoms with van der Waals surface area (Å²) < 4.78 is 184. The number of nitrogens with zero attached hydrogens (tertiary/aromatic N) is 3. The molecule has 0 aliphatic carbocycles. The summed E-state index contributed by atoms with van der Waals surface area (Å²) in [5.41, 5.74) is -4.42. The van der Waals surface area contributed by atoms with Crippen molar-refractivity contribution in [2.75, 3.05) is 0 Å². The van der Waals surface area contributed by atoms with Crippen molar-refractivity contribution in [1.29, 1.82) is 0 Å². The van der Waals surface area contributed by atoms with Gasteiger partial charge in [0.1, 0.15) is 11.6 Å². The molecule has 334 valence electrons. The maximum atomic E-state index is 13.1. The number of phenols is 1. The fraction of sp³-hybridized carbons (Fsp3) is 0.213. The number of aromatic hydroxyl groups is 1. The van der Waals surface area contributed by atoms with Crippen LogP contribution < -0.4 is 0 Å². The first kappa shape index (κ1) is 26.7. The molecule has 2 aromatic heterocycles. The van der Waals surface area contributed by atoms with E-state index in [1.54, 1.807) is 66.9 Å². The van der Waals surface area contributed by atoms with Gasteiger partial charge < -0.3 is 5.11 Å². The van der Waals surface area contributed by atoms with Crippen molar-refractivity contribution in [3.05, 3.63) is 192 Å². The van der Waals surface area contributed by atoms with Crippen LogP contribution in [0.3, 0.4) is 0 Å². The molecular formula is C61H58N3OPt-. The number of fused-ring (bicyclic) bond motifs is 1. The van der Waals surface area contributed by atoms with Crippen LogP contribution in [0, 0.1) is 18.8 Å². The minimum Gasteiger partial charge on any atom is -0.507 e. The molecule has 9 rings (SSSR count). The summed E-state index contributed by atoms with van der Waals surface area (Å²) >= 11 is 0. The summed E-state index contributed by atoms with van der Waals surface area (Å²) in [6.45, 7) is -23.0. The SMILES string of the molecule is [2H]C([2H])([2H])c1ccc(-c2ccnc(-c3[c-]c(-c4cccc5c4nc(-c4cc(C(C([2H])([2H])[2H])(C([2H])([2H])[2H])C([2H])([2H])[2H])cc(C(C([2H])([2H])[2H])(C([2H])([2H])[2H])C([2H])([2H])[2H])c4O)n5-c4ccc(CC(C)C)cc4-c4ccccc4)cc(-c4ccccc4)c3)c2)cc1.[Pt].